The van der Waals surface area contributed by atoms with Gasteiger partial charge in [-0.05, 0) is 55.2 Å². The summed E-state index contributed by atoms with van der Waals surface area (Å²) in [6.45, 7) is 7.48. The molecule has 0 saturated heterocycles. The van der Waals surface area contributed by atoms with Gasteiger partial charge in [-0.15, -0.1) is 0 Å². The van der Waals surface area contributed by atoms with Gasteiger partial charge in [-0.3, -0.25) is 0 Å². The predicted octanol–water partition coefficient (Wildman–Crippen LogP) is 3.78. The first-order valence-corrected chi connectivity index (χ1v) is 7.37. The summed E-state index contributed by atoms with van der Waals surface area (Å²) in [6.07, 6.45) is 1.09. The van der Waals surface area contributed by atoms with Crippen LogP contribution in [0.25, 0.3) is 0 Å². The quantitative estimate of drug-likeness (QED) is 0.845. The first-order chi connectivity index (χ1) is 9.72. The highest BCUT2D eigenvalue weighted by molar-refractivity contribution is 5.55. The van der Waals surface area contributed by atoms with Crippen molar-refractivity contribution in [1.29, 1.82) is 0 Å². The molecule has 0 radical (unpaired) electrons. The number of benzene rings is 2. The van der Waals surface area contributed by atoms with Crippen molar-refractivity contribution in [1.82, 2.24) is 0 Å². The van der Waals surface area contributed by atoms with Gasteiger partial charge in [0, 0.05) is 31.0 Å². The Balaban J connectivity index is 1.83. The first-order valence-electron chi connectivity index (χ1n) is 7.37. The van der Waals surface area contributed by atoms with Crippen LogP contribution in [-0.4, -0.2) is 19.6 Å². The Bertz CT molecular complexity index is 584. The van der Waals surface area contributed by atoms with Crippen molar-refractivity contribution in [2.24, 2.45) is 0 Å². The van der Waals surface area contributed by atoms with E-state index in [1.165, 1.54) is 28.1 Å². The van der Waals surface area contributed by atoms with Crippen molar-refractivity contribution >= 4 is 11.4 Å². The molecule has 1 N–H and O–H groups in total. The SMILES string of the molecule is Cc1cc(C)cc(N2CCNc3ccccc3CC2)c1. The van der Waals surface area contributed by atoms with Gasteiger partial charge in [-0.25, -0.2) is 0 Å². The van der Waals surface area contributed by atoms with Gasteiger partial charge in [0.25, 0.3) is 0 Å². The van der Waals surface area contributed by atoms with Crippen molar-refractivity contribution in [3.05, 3.63) is 59.2 Å². The van der Waals surface area contributed by atoms with Crippen molar-refractivity contribution in [3.8, 4) is 0 Å². The normalized spacial score (nSPS) is 15.0. The number of fused-ring (bicyclic) bond motifs is 1. The second-order valence-electron chi connectivity index (χ2n) is 5.67. The monoisotopic (exact) mass is 266 g/mol. The van der Waals surface area contributed by atoms with Crippen LogP contribution >= 0.6 is 0 Å². The molecule has 20 heavy (non-hydrogen) atoms. The maximum atomic E-state index is 3.55. The third-order valence-corrected chi connectivity index (χ3v) is 3.94. The molecule has 0 atom stereocenters. The maximum Gasteiger partial charge on any atom is 0.0374 e. The van der Waals surface area contributed by atoms with E-state index in [0.29, 0.717) is 0 Å². The van der Waals surface area contributed by atoms with Crippen LogP contribution in [0, 0.1) is 13.8 Å². The van der Waals surface area contributed by atoms with E-state index >= 15 is 0 Å². The minimum Gasteiger partial charge on any atom is -0.383 e. The minimum atomic E-state index is 0.990. The lowest BCUT2D eigenvalue weighted by Gasteiger charge is -2.29. The Labute approximate surface area is 121 Å². The Hall–Kier alpha value is -1.96. The lowest BCUT2D eigenvalue weighted by molar-refractivity contribution is 0.774. The van der Waals surface area contributed by atoms with Crippen LogP contribution in [0.15, 0.2) is 42.5 Å². The van der Waals surface area contributed by atoms with Crippen LogP contribution in [0.2, 0.25) is 0 Å². The van der Waals surface area contributed by atoms with Crippen LogP contribution in [0.3, 0.4) is 0 Å². The molecule has 3 rings (SSSR count). The summed E-state index contributed by atoms with van der Waals surface area (Å²) in [7, 11) is 0. The standard InChI is InChI=1S/C18H22N2/c1-14-11-15(2)13-17(12-14)20-9-7-16-5-3-4-6-18(16)19-8-10-20/h3-6,11-13,19H,7-10H2,1-2H3. The van der Waals surface area contributed by atoms with Gasteiger partial charge >= 0.3 is 0 Å². The van der Waals surface area contributed by atoms with Gasteiger partial charge < -0.3 is 10.2 Å². The van der Waals surface area contributed by atoms with Gasteiger partial charge in [-0.1, -0.05) is 24.3 Å². The molecular formula is C18H22N2. The molecule has 1 aliphatic heterocycles. The van der Waals surface area contributed by atoms with Crippen LogP contribution in [0.5, 0.6) is 0 Å². The fourth-order valence-electron chi connectivity index (χ4n) is 2.99. The van der Waals surface area contributed by atoms with E-state index in [1.54, 1.807) is 0 Å². The lowest BCUT2D eigenvalue weighted by Crippen LogP contribution is -2.33. The van der Waals surface area contributed by atoms with E-state index in [4.69, 9.17) is 0 Å². The number of para-hydroxylation sites is 1. The van der Waals surface area contributed by atoms with Gasteiger partial charge in [0.2, 0.25) is 0 Å². The zero-order chi connectivity index (χ0) is 13.9. The molecule has 1 aliphatic rings. The molecule has 2 heteroatoms. The second kappa shape index (κ2) is 5.58. The van der Waals surface area contributed by atoms with Gasteiger partial charge in [-0.2, -0.15) is 0 Å². The third-order valence-electron chi connectivity index (χ3n) is 3.94. The highest BCUT2D eigenvalue weighted by atomic mass is 15.1. The van der Waals surface area contributed by atoms with Gasteiger partial charge in [0.1, 0.15) is 0 Å². The van der Waals surface area contributed by atoms with Crippen molar-refractivity contribution in [2.75, 3.05) is 29.9 Å². The highest BCUT2D eigenvalue weighted by Gasteiger charge is 2.12. The predicted molar refractivity (Wildman–Crippen MR) is 86.8 cm³/mol. The van der Waals surface area contributed by atoms with Gasteiger partial charge in [0.05, 0.1) is 0 Å². The number of hydrogen-bond donors (Lipinski definition) is 1. The fourth-order valence-corrected chi connectivity index (χ4v) is 2.99. The second-order valence-corrected chi connectivity index (χ2v) is 5.67. The molecule has 0 aliphatic carbocycles. The Kier molecular flexibility index (Phi) is 3.64. The zero-order valence-electron chi connectivity index (χ0n) is 12.3. The lowest BCUT2D eigenvalue weighted by atomic mass is 10.1. The zero-order valence-corrected chi connectivity index (χ0v) is 12.3. The minimum absolute atomic E-state index is 0.990. The summed E-state index contributed by atoms with van der Waals surface area (Å²) in [4.78, 5) is 2.49. The average molecular weight is 266 g/mol. The molecule has 0 bridgehead atoms. The molecule has 2 nitrogen and oxygen atoms in total. The molecule has 0 unspecified atom stereocenters. The molecule has 104 valence electrons. The molecule has 1 heterocycles. The first kappa shape index (κ1) is 13.0. The third kappa shape index (κ3) is 2.79. The summed E-state index contributed by atoms with van der Waals surface area (Å²) in [5.41, 5.74) is 6.75. The van der Waals surface area contributed by atoms with E-state index in [0.717, 1.165) is 26.1 Å². The molecule has 0 aromatic heterocycles. The van der Waals surface area contributed by atoms with E-state index in [2.05, 4.69) is 66.5 Å². The largest absolute Gasteiger partial charge is 0.383 e. The van der Waals surface area contributed by atoms with Crippen molar-refractivity contribution in [2.45, 2.75) is 20.3 Å². The Morgan fingerprint density at radius 3 is 2.50 bits per heavy atom. The summed E-state index contributed by atoms with van der Waals surface area (Å²) in [6, 6.07) is 15.5. The number of aryl methyl sites for hydroxylation is 2. The van der Waals surface area contributed by atoms with Crippen LogP contribution in [-0.2, 0) is 6.42 Å². The summed E-state index contributed by atoms with van der Waals surface area (Å²) >= 11 is 0. The number of hydrogen-bond acceptors (Lipinski definition) is 2. The highest BCUT2D eigenvalue weighted by Crippen LogP contribution is 2.22. The Morgan fingerprint density at radius 1 is 0.950 bits per heavy atom. The fraction of sp³-hybridized carbons (Fsp3) is 0.333. The number of anilines is 2. The van der Waals surface area contributed by atoms with Gasteiger partial charge in [0.15, 0.2) is 0 Å². The average Bonchev–Trinajstić information content (AvgIpc) is 2.38. The van der Waals surface area contributed by atoms with Crippen molar-refractivity contribution in [3.63, 3.8) is 0 Å². The summed E-state index contributed by atoms with van der Waals surface area (Å²) in [5, 5.41) is 3.55. The number of nitrogens with zero attached hydrogens (tertiary/aromatic N) is 1. The molecular weight excluding hydrogens is 244 g/mol. The smallest absolute Gasteiger partial charge is 0.0374 e. The molecule has 0 saturated carbocycles. The molecule has 0 spiro atoms. The van der Waals surface area contributed by atoms with Crippen LogP contribution in [0.4, 0.5) is 11.4 Å². The van der Waals surface area contributed by atoms with E-state index in [-0.39, 0.29) is 0 Å². The van der Waals surface area contributed by atoms with E-state index in [9.17, 15) is 0 Å². The van der Waals surface area contributed by atoms with Crippen molar-refractivity contribution < 1.29 is 0 Å². The molecule has 2 aromatic rings. The van der Waals surface area contributed by atoms with E-state index < -0.39 is 0 Å². The van der Waals surface area contributed by atoms with Crippen LogP contribution < -0.4 is 10.2 Å². The molecule has 0 amide bonds. The summed E-state index contributed by atoms with van der Waals surface area (Å²) in [5.74, 6) is 0. The topological polar surface area (TPSA) is 15.3 Å². The number of rotatable bonds is 1. The summed E-state index contributed by atoms with van der Waals surface area (Å²) < 4.78 is 0. The number of nitrogens with one attached hydrogen (secondary N) is 1. The molecule has 2 aromatic carbocycles. The Morgan fingerprint density at radius 2 is 1.70 bits per heavy atom. The molecule has 0 fully saturated rings. The van der Waals surface area contributed by atoms with Crippen LogP contribution in [0.1, 0.15) is 16.7 Å². The maximum absolute atomic E-state index is 3.55. The van der Waals surface area contributed by atoms with E-state index in [1.807, 2.05) is 0 Å².